The molecule has 5 aromatic rings. The van der Waals surface area contributed by atoms with Crippen LogP contribution in [0.25, 0.3) is 11.0 Å². The van der Waals surface area contributed by atoms with E-state index in [0.29, 0.717) is 24.0 Å². The molecule has 0 radical (unpaired) electrons. The van der Waals surface area contributed by atoms with Gasteiger partial charge in [0, 0.05) is 21.6 Å². The van der Waals surface area contributed by atoms with Gasteiger partial charge in [-0.2, -0.15) is 0 Å². The van der Waals surface area contributed by atoms with Crippen LogP contribution < -0.4 is 10.1 Å². The van der Waals surface area contributed by atoms with E-state index in [2.05, 4.69) is 29.1 Å². The topological polar surface area (TPSA) is 80.2 Å². The van der Waals surface area contributed by atoms with Crippen LogP contribution in [0.3, 0.4) is 0 Å². The second-order valence-electron chi connectivity index (χ2n) is 8.64. The van der Waals surface area contributed by atoms with E-state index in [9.17, 15) is 5.11 Å². The molecule has 0 spiro atoms. The molecule has 0 saturated carbocycles. The van der Waals surface area contributed by atoms with E-state index >= 15 is 0 Å². The normalized spacial score (nSPS) is 11.1. The first-order valence-electron chi connectivity index (χ1n) is 11.7. The van der Waals surface area contributed by atoms with Crippen molar-refractivity contribution in [3.8, 4) is 11.5 Å². The predicted molar refractivity (Wildman–Crippen MR) is 144 cm³/mol. The van der Waals surface area contributed by atoms with Crippen LogP contribution in [0.4, 0.5) is 11.5 Å². The minimum absolute atomic E-state index is 0.239. The van der Waals surface area contributed by atoms with Crippen LogP contribution in [-0.4, -0.2) is 20.1 Å². The molecule has 2 heterocycles. The van der Waals surface area contributed by atoms with Crippen molar-refractivity contribution in [1.29, 1.82) is 0 Å². The zero-order valence-corrected chi connectivity index (χ0v) is 20.9. The van der Waals surface area contributed by atoms with E-state index < -0.39 is 0 Å². The number of phenols is 1. The van der Waals surface area contributed by atoms with E-state index in [1.807, 2.05) is 72.8 Å². The van der Waals surface area contributed by atoms with Crippen molar-refractivity contribution in [3.05, 3.63) is 103 Å². The van der Waals surface area contributed by atoms with Gasteiger partial charge in [-0.15, -0.1) is 0 Å². The highest BCUT2D eigenvalue weighted by Gasteiger charge is 2.13. The molecule has 36 heavy (non-hydrogen) atoms. The van der Waals surface area contributed by atoms with Crippen LogP contribution in [0.15, 0.2) is 101 Å². The van der Waals surface area contributed by atoms with Gasteiger partial charge in [-0.25, -0.2) is 15.0 Å². The molecule has 180 valence electrons. The molecule has 0 saturated heterocycles. The van der Waals surface area contributed by atoms with Crippen LogP contribution >= 0.6 is 11.8 Å². The highest BCUT2D eigenvalue weighted by molar-refractivity contribution is 7.99. The van der Waals surface area contributed by atoms with Crippen molar-refractivity contribution >= 4 is 34.3 Å². The van der Waals surface area contributed by atoms with Crippen molar-refractivity contribution in [3.63, 3.8) is 0 Å². The van der Waals surface area contributed by atoms with Gasteiger partial charge in [0.05, 0.1) is 11.1 Å². The number of benzene rings is 3. The zero-order chi connectivity index (χ0) is 24.9. The van der Waals surface area contributed by atoms with E-state index in [0.717, 1.165) is 37.9 Å². The summed E-state index contributed by atoms with van der Waals surface area (Å²) >= 11 is 1.59. The van der Waals surface area contributed by atoms with Crippen LogP contribution in [0.5, 0.6) is 11.5 Å². The maximum atomic E-state index is 9.66. The number of ether oxygens (including phenoxy) is 1. The van der Waals surface area contributed by atoms with E-state index in [4.69, 9.17) is 9.72 Å². The predicted octanol–water partition coefficient (Wildman–Crippen LogP) is 7.33. The summed E-state index contributed by atoms with van der Waals surface area (Å²) in [6.07, 6.45) is 1.53. The Bertz CT molecular complexity index is 1470. The molecule has 3 aromatic carbocycles. The summed E-state index contributed by atoms with van der Waals surface area (Å²) in [5, 5.41) is 14.0. The van der Waals surface area contributed by atoms with Gasteiger partial charge >= 0.3 is 0 Å². The van der Waals surface area contributed by atoms with Crippen LogP contribution in [0.2, 0.25) is 0 Å². The molecule has 0 amide bonds. The monoisotopic (exact) mass is 494 g/mol. The Morgan fingerprint density at radius 1 is 0.917 bits per heavy atom. The molecule has 2 N–H and O–H groups in total. The molecule has 6 nitrogen and oxygen atoms in total. The number of nitrogens with one attached hydrogen (secondary N) is 1. The van der Waals surface area contributed by atoms with Crippen molar-refractivity contribution < 1.29 is 9.84 Å². The quantitative estimate of drug-likeness (QED) is 0.234. The van der Waals surface area contributed by atoms with Crippen molar-refractivity contribution in [2.45, 2.75) is 36.2 Å². The zero-order valence-electron chi connectivity index (χ0n) is 20.1. The summed E-state index contributed by atoms with van der Waals surface area (Å²) in [6, 6.07) is 27.2. The summed E-state index contributed by atoms with van der Waals surface area (Å²) in [7, 11) is 0. The third-order valence-electron chi connectivity index (χ3n) is 5.63. The third-order valence-corrected chi connectivity index (χ3v) is 6.71. The Labute approximate surface area is 214 Å². The first kappa shape index (κ1) is 23.6. The Morgan fingerprint density at radius 3 is 2.50 bits per heavy atom. The van der Waals surface area contributed by atoms with Gasteiger partial charge in [0.15, 0.2) is 5.65 Å². The lowest BCUT2D eigenvalue weighted by atomic mass is 10.1. The number of phenolic OH excluding ortho intramolecular Hbond substituents is 1. The molecule has 7 heteroatoms. The third kappa shape index (κ3) is 5.58. The van der Waals surface area contributed by atoms with Gasteiger partial charge in [0.1, 0.15) is 30.3 Å². The smallest absolute Gasteiger partial charge is 0.164 e. The van der Waals surface area contributed by atoms with Gasteiger partial charge in [-0.1, -0.05) is 55.9 Å². The van der Waals surface area contributed by atoms with Crippen molar-refractivity contribution in [1.82, 2.24) is 15.0 Å². The number of hydrogen-bond donors (Lipinski definition) is 2. The number of rotatable bonds is 8. The number of aromatic hydroxyl groups is 1. The molecule has 0 aliphatic rings. The van der Waals surface area contributed by atoms with E-state index in [1.54, 1.807) is 23.9 Å². The molecule has 0 unspecified atom stereocenters. The highest BCUT2D eigenvalue weighted by Crippen LogP contribution is 2.38. The summed E-state index contributed by atoms with van der Waals surface area (Å²) in [5.74, 6) is 1.97. The number of fused-ring (bicyclic) bond motifs is 1. The fourth-order valence-corrected chi connectivity index (χ4v) is 4.56. The summed E-state index contributed by atoms with van der Waals surface area (Å²) in [4.78, 5) is 15.6. The van der Waals surface area contributed by atoms with E-state index in [1.165, 1.54) is 6.33 Å². The minimum Gasteiger partial charge on any atom is -0.508 e. The standard InChI is InChI=1S/C29H26N4O2S/c1-19(2)25-14-13-24-28(32-25)30-18-31-29(24)33-26-16-22(35-17-20-6-4-3-5-7-20)10-15-27(26)36-23-11-8-21(34)9-12-23/h3-16,18-19,34H,17H2,1-2H3,(H,30,31,32,33). The maximum absolute atomic E-state index is 9.66. The second kappa shape index (κ2) is 10.7. The average molecular weight is 495 g/mol. The molecular formula is C29H26N4O2S. The van der Waals surface area contributed by atoms with Crippen molar-refractivity contribution in [2.75, 3.05) is 5.32 Å². The maximum Gasteiger partial charge on any atom is 0.164 e. The fourth-order valence-electron chi connectivity index (χ4n) is 3.67. The Morgan fingerprint density at radius 2 is 1.72 bits per heavy atom. The lowest BCUT2D eigenvalue weighted by Crippen LogP contribution is -2.01. The highest BCUT2D eigenvalue weighted by atomic mass is 32.2. The molecule has 0 aliphatic carbocycles. The van der Waals surface area contributed by atoms with Crippen molar-refractivity contribution in [2.24, 2.45) is 0 Å². The van der Waals surface area contributed by atoms with Gasteiger partial charge < -0.3 is 15.2 Å². The van der Waals surface area contributed by atoms with E-state index in [-0.39, 0.29) is 5.75 Å². The first-order valence-corrected chi connectivity index (χ1v) is 12.5. The largest absolute Gasteiger partial charge is 0.508 e. The number of pyridine rings is 1. The van der Waals surface area contributed by atoms with Crippen LogP contribution in [0.1, 0.15) is 31.0 Å². The molecule has 0 aliphatic heterocycles. The summed E-state index contributed by atoms with van der Waals surface area (Å²) in [5.41, 5.74) is 3.60. The number of hydrogen-bond acceptors (Lipinski definition) is 7. The number of anilines is 2. The van der Waals surface area contributed by atoms with Gasteiger partial charge in [0.2, 0.25) is 0 Å². The summed E-state index contributed by atoms with van der Waals surface area (Å²) in [6.45, 7) is 4.70. The number of aromatic nitrogens is 3. The Hall–Kier alpha value is -4.10. The lowest BCUT2D eigenvalue weighted by molar-refractivity contribution is 0.306. The van der Waals surface area contributed by atoms with Crippen LogP contribution in [0, 0.1) is 0 Å². The SMILES string of the molecule is CC(C)c1ccc2c(Nc3cc(OCc4ccccc4)ccc3Sc3ccc(O)cc3)ncnc2n1. The molecular weight excluding hydrogens is 468 g/mol. The van der Waals surface area contributed by atoms with Gasteiger partial charge in [-0.05, 0) is 60.0 Å². The Kier molecular flexibility index (Phi) is 7.00. The molecule has 5 rings (SSSR count). The second-order valence-corrected chi connectivity index (χ2v) is 9.75. The molecule has 2 aromatic heterocycles. The average Bonchev–Trinajstić information content (AvgIpc) is 2.90. The van der Waals surface area contributed by atoms with Gasteiger partial charge in [0.25, 0.3) is 0 Å². The molecule has 0 bridgehead atoms. The van der Waals surface area contributed by atoms with Gasteiger partial charge in [-0.3, -0.25) is 0 Å². The summed E-state index contributed by atoms with van der Waals surface area (Å²) < 4.78 is 6.09. The molecule has 0 fully saturated rings. The Balaban J connectivity index is 1.48. The minimum atomic E-state index is 0.239. The lowest BCUT2D eigenvalue weighted by Gasteiger charge is -2.15. The molecule has 0 atom stereocenters. The first-order chi connectivity index (χ1) is 17.5. The number of nitrogens with zero attached hydrogens (tertiary/aromatic N) is 3. The van der Waals surface area contributed by atoms with Crippen LogP contribution in [-0.2, 0) is 6.61 Å². The fraction of sp³-hybridized carbons (Fsp3) is 0.138.